The Morgan fingerprint density at radius 2 is 1.67 bits per heavy atom. The molecule has 1 aromatic carbocycles. The van der Waals surface area contributed by atoms with Gasteiger partial charge in [-0.1, -0.05) is 0 Å². The van der Waals surface area contributed by atoms with E-state index >= 15 is 0 Å². The Bertz CT molecular complexity index is 592. The maximum Gasteiger partial charge on any atom is 0.338 e. The summed E-state index contributed by atoms with van der Waals surface area (Å²) in [7, 11) is 0. The van der Waals surface area contributed by atoms with Crippen molar-refractivity contribution >= 4 is 29.4 Å². The van der Waals surface area contributed by atoms with Gasteiger partial charge in [0.2, 0.25) is 11.8 Å². The molecule has 1 aliphatic heterocycles. The van der Waals surface area contributed by atoms with E-state index in [1.165, 1.54) is 31.2 Å². The fourth-order valence-electron chi connectivity index (χ4n) is 1.90. The van der Waals surface area contributed by atoms with E-state index < -0.39 is 18.0 Å². The molecule has 0 aromatic heterocycles. The standard InChI is InChI=1S/C14H14N2O5/c1-8(13(15)19)21-14(20)9-2-4-10(5-3-9)16-11(17)6-7-12(16)18/h2-5,8H,6-7H2,1H3,(H2,15,19)/t8-/m1/s1. The molecule has 2 rings (SSSR count). The molecular formula is C14H14N2O5. The molecule has 1 aliphatic rings. The Balaban J connectivity index is 2.12. The highest BCUT2D eigenvalue weighted by Gasteiger charge is 2.30. The zero-order chi connectivity index (χ0) is 15.6. The molecule has 21 heavy (non-hydrogen) atoms. The summed E-state index contributed by atoms with van der Waals surface area (Å²) in [5.41, 5.74) is 5.61. The van der Waals surface area contributed by atoms with E-state index in [0.717, 1.165) is 4.90 Å². The number of rotatable bonds is 4. The Kier molecular flexibility index (Phi) is 4.02. The highest BCUT2D eigenvalue weighted by Crippen LogP contribution is 2.23. The number of esters is 1. The number of ether oxygens (including phenoxy) is 1. The lowest BCUT2D eigenvalue weighted by molar-refractivity contribution is -0.125. The molecule has 1 saturated heterocycles. The molecule has 0 saturated carbocycles. The predicted octanol–water partition coefficient (Wildman–Crippen LogP) is 0.371. The second-order valence-electron chi connectivity index (χ2n) is 4.62. The second-order valence-corrected chi connectivity index (χ2v) is 4.62. The van der Waals surface area contributed by atoms with E-state index in [1.54, 1.807) is 0 Å². The smallest absolute Gasteiger partial charge is 0.338 e. The molecule has 1 aromatic rings. The van der Waals surface area contributed by atoms with Gasteiger partial charge in [0, 0.05) is 12.8 Å². The number of benzene rings is 1. The molecule has 1 heterocycles. The fraction of sp³-hybridized carbons (Fsp3) is 0.286. The van der Waals surface area contributed by atoms with Crippen molar-refractivity contribution in [2.45, 2.75) is 25.9 Å². The van der Waals surface area contributed by atoms with Crippen molar-refractivity contribution in [2.24, 2.45) is 5.73 Å². The van der Waals surface area contributed by atoms with Crippen LogP contribution in [0.3, 0.4) is 0 Å². The van der Waals surface area contributed by atoms with E-state index in [0.29, 0.717) is 5.69 Å². The molecule has 2 N–H and O–H groups in total. The van der Waals surface area contributed by atoms with Crippen LogP contribution in [0.25, 0.3) is 0 Å². The predicted molar refractivity (Wildman–Crippen MR) is 72.2 cm³/mol. The zero-order valence-corrected chi connectivity index (χ0v) is 11.4. The van der Waals surface area contributed by atoms with Crippen LogP contribution in [0.15, 0.2) is 24.3 Å². The monoisotopic (exact) mass is 290 g/mol. The SMILES string of the molecule is C[C@@H](OC(=O)c1ccc(N2C(=O)CCC2=O)cc1)C(N)=O. The van der Waals surface area contributed by atoms with Crippen molar-refractivity contribution < 1.29 is 23.9 Å². The summed E-state index contributed by atoms with van der Waals surface area (Å²) in [6.45, 7) is 1.37. The number of nitrogens with two attached hydrogens (primary N) is 1. The van der Waals surface area contributed by atoms with E-state index in [1.807, 2.05) is 0 Å². The Labute approximate surface area is 120 Å². The van der Waals surface area contributed by atoms with Crippen LogP contribution in [0.4, 0.5) is 5.69 Å². The third kappa shape index (κ3) is 3.07. The minimum Gasteiger partial charge on any atom is -0.449 e. The maximum atomic E-state index is 11.7. The quantitative estimate of drug-likeness (QED) is 0.637. The minimum absolute atomic E-state index is 0.193. The first-order chi connectivity index (χ1) is 9.90. The van der Waals surface area contributed by atoms with Gasteiger partial charge in [0.25, 0.3) is 5.91 Å². The van der Waals surface area contributed by atoms with Crippen LogP contribution in [0.1, 0.15) is 30.1 Å². The van der Waals surface area contributed by atoms with Crippen LogP contribution in [-0.4, -0.2) is 29.8 Å². The van der Waals surface area contributed by atoms with Gasteiger partial charge in [-0.15, -0.1) is 0 Å². The van der Waals surface area contributed by atoms with Gasteiger partial charge in [0.1, 0.15) is 0 Å². The number of primary amides is 1. The lowest BCUT2D eigenvalue weighted by atomic mass is 10.2. The molecule has 0 unspecified atom stereocenters. The number of anilines is 1. The summed E-state index contributed by atoms with van der Waals surface area (Å²) in [4.78, 5) is 46.8. The first-order valence-electron chi connectivity index (χ1n) is 6.36. The van der Waals surface area contributed by atoms with Gasteiger partial charge in [-0.2, -0.15) is 0 Å². The van der Waals surface area contributed by atoms with Crippen LogP contribution in [-0.2, 0) is 19.1 Å². The van der Waals surface area contributed by atoms with Gasteiger partial charge in [-0.05, 0) is 31.2 Å². The van der Waals surface area contributed by atoms with Crippen LogP contribution in [0, 0.1) is 0 Å². The van der Waals surface area contributed by atoms with Crippen molar-refractivity contribution in [1.82, 2.24) is 0 Å². The van der Waals surface area contributed by atoms with Crippen LogP contribution >= 0.6 is 0 Å². The van der Waals surface area contributed by atoms with Gasteiger partial charge in [0.15, 0.2) is 6.10 Å². The minimum atomic E-state index is -1.03. The Hall–Kier alpha value is -2.70. The summed E-state index contributed by atoms with van der Waals surface area (Å²) in [6, 6.07) is 5.80. The van der Waals surface area contributed by atoms with Crippen molar-refractivity contribution in [3.05, 3.63) is 29.8 Å². The summed E-state index contributed by atoms with van der Waals surface area (Å²) in [5.74, 6) is -1.98. The lowest BCUT2D eigenvalue weighted by Gasteiger charge is -2.14. The van der Waals surface area contributed by atoms with Crippen LogP contribution in [0.2, 0.25) is 0 Å². The van der Waals surface area contributed by atoms with Gasteiger partial charge >= 0.3 is 5.97 Å². The van der Waals surface area contributed by atoms with Gasteiger partial charge in [-0.3, -0.25) is 19.3 Å². The molecule has 0 spiro atoms. The molecule has 7 heteroatoms. The highest BCUT2D eigenvalue weighted by molar-refractivity contribution is 6.19. The average molecular weight is 290 g/mol. The largest absolute Gasteiger partial charge is 0.449 e. The van der Waals surface area contributed by atoms with E-state index in [4.69, 9.17) is 10.5 Å². The molecule has 3 amide bonds. The Morgan fingerprint density at radius 1 is 1.14 bits per heavy atom. The first kappa shape index (κ1) is 14.7. The lowest BCUT2D eigenvalue weighted by Crippen LogP contribution is -2.30. The number of carbonyl (C=O) groups is 4. The van der Waals surface area contributed by atoms with Crippen LogP contribution in [0.5, 0.6) is 0 Å². The van der Waals surface area contributed by atoms with Gasteiger partial charge in [-0.25, -0.2) is 4.79 Å². The van der Waals surface area contributed by atoms with E-state index in [2.05, 4.69) is 0 Å². The van der Waals surface area contributed by atoms with Crippen molar-refractivity contribution in [1.29, 1.82) is 0 Å². The summed E-state index contributed by atoms with van der Waals surface area (Å²) < 4.78 is 4.84. The molecule has 0 bridgehead atoms. The molecule has 1 fully saturated rings. The summed E-state index contributed by atoms with van der Waals surface area (Å²) >= 11 is 0. The van der Waals surface area contributed by atoms with Crippen molar-refractivity contribution in [2.75, 3.05) is 4.90 Å². The zero-order valence-electron chi connectivity index (χ0n) is 11.4. The molecule has 0 radical (unpaired) electrons. The number of nitrogens with zero attached hydrogens (tertiary/aromatic N) is 1. The summed E-state index contributed by atoms with van der Waals surface area (Å²) in [6.07, 6.45) is -0.642. The topological polar surface area (TPSA) is 107 Å². The number of amides is 3. The highest BCUT2D eigenvalue weighted by atomic mass is 16.5. The number of imide groups is 1. The third-order valence-electron chi connectivity index (χ3n) is 3.10. The molecule has 0 aliphatic carbocycles. The van der Waals surface area contributed by atoms with Crippen LogP contribution < -0.4 is 10.6 Å². The van der Waals surface area contributed by atoms with E-state index in [9.17, 15) is 19.2 Å². The molecular weight excluding hydrogens is 276 g/mol. The van der Waals surface area contributed by atoms with Crippen molar-refractivity contribution in [3.8, 4) is 0 Å². The van der Waals surface area contributed by atoms with Crippen molar-refractivity contribution in [3.63, 3.8) is 0 Å². The molecule has 110 valence electrons. The Morgan fingerprint density at radius 3 is 2.14 bits per heavy atom. The first-order valence-corrected chi connectivity index (χ1v) is 6.36. The van der Waals surface area contributed by atoms with E-state index in [-0.39, 0.29) is 30.2 Å². The van der Waals surface area contributed by atoms with Gasteiger partial charge < -0.3 is 10.5 Å². The molecule has 1 atom stereocenters. The third-order valence-corrected chi connectivity index (χ3v) is 3.10. The maximum absolute atomic E-state index is 11.7. The molecule has 7 nitrogen and oxygen atoms in total. The fourth-order valence-corrected chi connectivity index (χ4v) is 1.90. The number of hydrogen-bond donors (Lipinski definition) is 1. The second kappa shape index (κ2) is 5.74. The van der Waals surface area contributed by atoms with Gasteiger partial charge in [0.05, 0.1) is 11.3 Å². The number of carbonyl (C=O) groups excluding carboxylic acids is 4. The number of hydrogen-bond acceptors (Lipinski definition) is 5. The average Bonchev–Trinajstić information content (AvgIpc) is 2.78. The summed E-state index contributed by atoms with van der Waals surface area (Å²) in [5, 5.41) is 0. The normalized spacial score (nSPS) is 16.0.